The van der Waals surface area contributed by atoms with Crippen LogP contribution < -0.4 is 10.6 Å². The van der Waals surface area contributed by atoms with E-state index in [0.29, 0.717) is 12.0 Å². The van der Waals surface area contributed by atoms with Crippen LogP contribution in [0.15, 0.2) is 18.3 Å². The molecule has 1 aliphatic heterocycles. The topological polar surface area (TPSA) is 46.1 Å². The molecule has 2 rings (SSSR count). The maximum atomic E-state index is 12.1. The van der Waals surface area contributed by atoms with Gasteiger partial charge in [0.05, 0.1) is 0 Å². The number of rotatable bonds is 5. The van der Waals surface area contributed by atoms with Crippen LogP contribution in [-0.4, -0.2) is 30.1 Å². The van der Waals surface area contributed by atoms with Gasteiger partial charge in [0.2, 0.25) is 0 Å². The minimum atomic E-state index is 0.0440. The van der Waals surface area contributed by atoms with E-state index in [9.17, 15) is 4.79 Å². The van der Waals surface area contributed by atoms with Gasteiger partial charge < -0.3 is 15.2 Å². The quantitative estimate of drug-likeness (QED) is 0.855. The molecule has 0 saturated carbocycles. The highest BCUT2D eigenvalue weighted by atomic mass is 16.1. The van der Waals surface area contributed by atoms with Crippen LogP contribution in [0.25, 0.3) is 0 Å². The third-order valence-corrected chi connectivity index (χ3v) is 3.80. The van der Waals surface area contributed by atoms with Gasteiger partial charge in [-0.2, -0.15) is 0 Å². The molecule has 0 radical (unpaired) electrons. The summed E-state index contributed by atoms with van der Waals surface area (Å²) in [6.45, 7) is 7.19. The van der Waals surface area contributed by atoms with Crippen molar-refractivity contribution in [1.29, 1.82) is 0 Å². The first-order valence-corrected chi connectivity index (χ1v) is 7.34. The van der Waals surface area contributed by atoms with Crippen molar-refractivity contribution in [2.75, 3.05) is 19.6 Å². The summed E-state index contributed by atoms with van der Waals surface area (Å²) in [5, 5.41) is 6.45. The zero-order chi connectivity index (χ0) is 13.7. The van der Waals surface area contributed by atoms with Crippen molar-refractivity contribution in [2.45, 2.75) is 39.2 Å². The van der Waals surface area contributed by atoms with E-state index in [1.54, 1.807) is 0 Å². The number of carbonyl (C=O) groups excluding carboxylic acids is 1. The number of nitrogens with zero attached hydrogens (tertiary/aromatic N) is 1. The normalized spacial score (nSPS) is 19.6. The fraction of sp³-hybridized carbons (Fsp3) is 0.667. The molecule has 2 N–H and O–H groups in total. The van der Waals surface area contributed by atoms with E-state index < -0.39 is 0 Å². The van der Waals surface area contributed by atoms with Gasteiger partial charge in [0.15, 0.2) is 0 Å². The Hall–Kier alpha value is -1.29. The maximum Gasteiger partial charge on any atom is 0.267 e. The van der Waals surface area contributed by atoms with Gasteiger partial charge in [-0.1, -0.05) is 0 Å². The molecule has 1 fully saturated rings. The van der Waals surface area contributed by atoms with Gasteiger partial charge in [-0.25, -0.2) is 0 Å². The highest BCUT2D eigenvalue weighted by Crippen LogP contribution is 2.14. The Morgan fingerprint density at radius 1 is 1.58 bits per heavy atom. The third-order valence-electron chi connectivity index (χ3n) is 3.80. The van der Waals surface area contributed by atoms with Gasteiger partial charge in [0, 0.05) is 18.8 Å². The SMILES string of the molecule is CC(C)n1cccc1C(=O)NCCC1CCCNC1. The summed E-state index contributed by atoms with van der Waals surface area (Å²) in [6, 6.07) is 4.13. The summed E-state index contributed by atoms with van der Waals surface area (Å²) in [5.41, 5.74) is 0.761. The van der Waals surface area contributed by atoms with Gasteiger partial charge in [-0.15, -0.1) is 0 Å². The number of amides is 1. The zero-order valence-electron chi connectivity index (χ0n) is 12.0. The Bertz CT molecular complexity index is 405. The Kier molecular flexibility index (Phi) is 5.02. The van der Waals surface area contributed by atoms with Crippen molar-refractivity contribution >= 4 is 5.91 Å². The summed E-state index contributed by atoms with van der Waals surface area (Å²) in [4.78, 5) is 12.1. The molecular weight excluding hydrogens is 238 g/mol. The van der Waals surface area contributed by atoms with E-state index in [1.807, 2.05) is 22.9 Å². The smallest absolute Gasteiger partial charge is 0.267 e. The van der Waals surface area contributed by atoms with E-state index in [-0.39, 0.29) is 5.91 Å². The summed E-state index contributed by atoms with van der Waals surface area (Å²) in [5.74, 6) is 0.758. The lowest BCUT2D eigenvalue weighted by Gasteiger charge is -2.22. The van der Waals surface area contributed by atoms with E-state index >= 15 is 0 Å². The van der Waals surface area contributed by atoms with Crippen molar-refractivity contribution in [3.05, 3.63) is 24.0 Å². The van der Waals surface area contributed by atoms with E-state index in [4.69, 9.17) is 0 Å². The lowest BCUT2D eigenvalue weighted by molar-refractivity contribution is 0.0940. The summed E-state index contributed by atoms with van der Waals surface area (Å²) < 4.78 is 2.01. The minimum absolute atomic E-state index is 0.0440. The van der Waals surface area contributed by atoms with Gasteiger partial charge >= 0.3 is 0 Å². The first-order valence-electron chi connectivity index (χ1n) is 7.34. The van der Waals surface area contributed by atoms with Crippen molar-refractivity contribution in [2.24, 2.45) is 5.92 Å². The van der Waals surface area contributed by atoms with Crippen LogP contribution >= 0.6 is 0 Å². The van der Waals surface area contributed by atoms with Crippen LogP contribution in [-0.2, 0) is 0 Å². The number of piperidine rings is 1. The van der Waals surface area contributed by atoms with E-state index in [1.165, 1.54) is 12.8 Å². The highest BCUT2D eigenvalue weighted by Gasteiger charge is 2.15. The average molecular weight is 263 g/mol. The predicted octanol–water partition coefficient (Wildman–Crippen LogP) is 2.19. The molecule has 1 amide bonds. The molecule has 4 heteroatoms. The average Bonchev–Trinajstić information content (AvgIpc) is 2.89. The molecule has 4 nitrogen and oxygen atoms in total. The second-order valence-corrected chi connectivity index (χ2v) is 5.65. The van der Waals surface area contributed by atoms with E-state index in [0.717, 1.165) is 31.7 Å². The molecule has 1 unspecified atom stereocenters. The Morgan fingerprint density at radius 2 is 2.42 bits per heavy atom. The number of hydrogen-bond donors (Lipinski definition) is 2. The lowest BCUT2D eigenvalue weighted by atomic mass is 9.96. The van der Waals surface area contributed by atoms with Gasteiger partial charge in [-0.3, -0.25) is 4.79 Å². The number of hydrogen-bond acceptors (Lipinski definition) is 2. The third kappa shape index (κ3) is 3.83. The van der Waals surface area contributed by atoms with Crippen LogP contribution in [0.3, 0.4) is 0 Å². The van der Waals surface area contributed by atoms with Crippen LogP contribution in [0.5, 0.6) is 0 Å². The van der Waals surface area contributed by atoms with Crippen LogP contribution in [0.2, 0.25) is 0 Å². The molecule has 19 heavy (non-hydrogen) atoms. The minimum Gasteiger partial charge on any atom is -0.351 e. The molecule has 2 heterocycles. The predicted molar refractivity (Wildman–Crippen MR) is 77.4 cm³/mol. The second-order valence-electron chi connectivity index (χ2n) is 5.65. The Labute approximate surface area is 115 Å². The number of aromatic nitrogens is 1. The number of carbonyl (C=O) groups is 1. The van der Waals surface area contributed by atoms with E-state index in [2.05, 4.69) is 24.5 Å². The molecule has 0 aliphatic carbocycles. The van der Waals surface area contributed by atoms with Crippen molar-refractivity contribution in [1.82, 2.24) is 15.2 Å². The molecular formula is C15H25N3O. The zero-order valence-corrected chi connectivity index (χ0v) is 12.0. The first kappa shape index (κ1) is 14.1. The Balaban J connectivity index is 1.79. The van der Waals surface area contributed by atoms with Crippen molar-refractivity contribution in [3.63, 3.8) is 0 Å². The maximum absolute atomic E-state index is 12.1. The van der Waals surface area contributed by atoms with Crippen LogP contribution in [0, 0.1) is 5.92 Å². The molecule has 1 aliphatic rings. The monoisotopic (exact) mass is 263 g/mol. The Morgan fingerprint density at radius 3 is 3.11 bits per heavy atom. The van der Waals surface area contributed by atoms with Gasteiger partial charge in [-0.05, 0) is 64.3 Å². The highest BCUT2D eigenvalue weighted by molar-refractivity contribution is 5.92. The van der Waals surface area contributed by atoms with Crippen molar-refractivity contribution in [3.8, 4) is 0 Å². The summed E-state index contributed by atoms with van der Waals surface area (Å²) in [7, 11) is 0. The van der Waals surface area contributed by atoms with Gasteiger partial charge in [0.25, 0.3) is 5.91 Å². The first-order chi connectivity index (χ1) is 9.18. The molecule has 0 bridgehead atoms. The summed E-state index contributed by atoms with van der Waals surface area (Å²) >= 11 is 0. The standard InChI is InChI=1S/C15H25N3O/c1-12(2)18-10-4-6-14(18)15(19)17-9-7-13-5-3-8-16-11-13/h4,6,10,12-13,16H,3,5,7-9,11H2,1-2H3,(H,17,19). The molecule has 1 aromatic rings. The molecule has 0 spiro atoms. The van der Waals surface area contributed by atoms with Crippen LogP contribution in [0.4, 0.5) is 0 Å². The largest absolute Gasteiger partial charge is 0.351 e. The number of nitrogens with one attached hydrogen (secondary N) is 2. The summed E-state index contributed by atoms with van der Waals surface area (Å²) in [6.07, 6.45) is 5.58. The fourth-order valence-corrected chi connectivity index (χ4v) is 2.69. The lowest BCUT2D eigenvalue weighted by Crippen LogP contribution is -2.33. The molecule has 1 atom stereocenters. The molecule has 106 valence electrons. The van der Waals surface area contributed by atoms with Gasteiger partial charge in [0.1, 0.15) is 5.69 Å². The second kappa shape index (κ2) is 6.75. The molecule has 1 aromatic heterocycles. The van der Waals surface area contributed by atoms with Crippen LogP contribution in [0.1, 0.15) is 49.6 Å². The molecule has 0 aromatic carbocycles. The fourth-order valence-electron chi connectivity index (χ4n) is 2.69. The molecule has 1 saturated heterocycles. The van der Waals surface area contributed by atoms with Crippen molar-refractivity contribution < 1.29 is 4.79 Å².